The fourth-order valence-electron chi connectivity index (χ4n) is 10.0. The monoisotopic (exact) mass is 887 g/mol. The van der Waals surface area contributed by atoms with Gasteiger partial charge in [0, 0.05) is 58.3 Å². The minimum Gasteiger partial charge on any atom is -0.463 e. The highest BCUT2D eigenvalue weighted by atomic mass is 16.5. The minimum absolute atomic E-state index is 0.124. The molecular formula is C49H66N12O4. The van der Waals surface area contributed by atoms with Gasteiger partial charge in [-0.3, -0.25) is 19.4 Å². The number of carbonyl (C=O) groups excluding carboxylic acids is 2. The van der Waals surface area contributed by atoms with E-state index in [1.807, 2.05) is 9.80 Å². The van der Waals surface area contributed by atoms with Gasteiger partial charge in [0.05, 0.1) is 32.0 Å². The molecule has 16 heteroatoms. The first kappa shape index (κ1) is 44.5. The van der Waals surface area contributed by atoms with Crippen LogP contribution < -0.4 is 31.7 Å². The topological polar surface area (TPSA) is 192 Å². The van der Waals surface area contributed by atoms with Gasteiger partial charge in [-0.2, -0.15) is 20.0 Å². The van der Waals surface area contributed by atoms with Crippen molar-refractivity contribution in [2.24, 2.45) is 27.6 Å². The molecule has 2 amide bonds. The first-order valence-corrected chi connectivity index (χ1v) is 23.9. The third kappa shape index (κ3) is 10.7. The number of amides is 2. The molecule has 9 rings (SSSR count). The second kappa shape index (κ2) is 19.8. The molecule has 2 atom stereocenters. The van der Waals surface area contributed by atoms with Crippen LogP contribution in [0.1, 0.15) is 106 Å². The van der Waals surface area contributed by atoms with Gasteiger partial charge in [0.15, 0.2) is 11.6 Å². The molecule has 6 N–H and O–H groups in total. The second-order valence-corrected chi connectivity index (χ2v) is 19.1. The summed E-state index contributed by atoms with van der Waals surface area (Å²) < 4.78 is 12.1. The Morgan fingerprint density at radius 1 is 0.815 bits per heavy atom. The summed E-state index contributed by atoms with van der Waals surface area (Å²) >= 11 is 0. The summed E-state index contributed by atoms with van der Waals surface area (Å²) in [6.07, 6.45) is 10.3. The first-order valence-electron chi connectivity index (χ1n) is 23.9. The second-order valence-electron chi connectivity index (χ2n) is 19.1. The molecule has 0 radical (unpaired) electrons. The molecule has 2 bridgehead atoms. The maximum Gasteiger partial charge on any atom is 0.320 e. The van der Waals surface area contributed by atoms with E-state index in [-0.39, 0.29) is 48.6 Å². The molecular weight excluding hydrogens is 821 g/mol. The minimum atomic E-state index is -0.150. The Bertz CT molecular complexity index is 2360. The predicted molar refractivity (Wildman–Crippen MR) is 253 cm³/mol. The Balaban J connectivity index is 0.791. The highest BCUT2D eigenvalue weighted by Crippen LogP contribution is 2.35. The van der Waals surface area contributed by atoms with Crippen LogP contribution in [0.25, 0.3) is 0 Å². The normalized spacial score (nSPS) is 19.9. The van der Waals surface area contributed by atoms with Gasteiger partial charge in [0.2, 0.25) is 11.8 Å². The number of nitrogens with zero attached hydrogens (tertiary/aromatic N) is 8. The Hall–Kier alpha value is -5.74. The largest absolute Gasteiger partial charge is 0.463 e. The van der Waals surface area contributed by atoms with E-state index in [0.717, 1.165) is 87.6 Å². The number of fused-ring (bicyclic) bond motifs is 5. The van der Waals surface area contributed by atoms with Gasteiger partial charge in [-0.25, -0.2) is 0 Å². The standard InChI is InChI=1S/C49H66N12O4/c1-4-5-18-64-49-56-46(51)44-47(57-49)61(30-43(63)54-44)26-35-10-12-37-14-17-59(28-39(37)22-35)32(3)20-31(2)15-19-65-48-53-41-23-40(45(50)55-48)52-42(62)29-60(41)25-34-9-11-36-13-16-58(27-38(36)21-34)24-33-7-6-8-33/h9-12,21-22,31-33H,4-8,13-20,23-30,50H2,1-3H3,(H,52,62)(H,54,63)(H2,51,56,57). The van der Waals surface area contributed by atoms with E-state index in [2.05, 4.69) is 92.6 Å². The third-order valence-electron chi connectivity index (χ3n) is 14.0. The van der Waals surface area contributed by atoms with Crippen molar-refractivity contribution in [1.29, 1.82) is 0 Å². The van der Waals surface area contributed by atoms with Crippen molar-refractivity contribution in [3.8, 4) is 6.01 Å². The number of nitrogen functional groups attached to an aromatic ring is 1. The van der Waals surface area contributed by atoms with E-state index >= 15 is 0 Å². The molecule has 6 heterocycles. The number of nitrogens with one attached hydrogen (secondary N) is 2. The molecule has 1 aliphatic carbocycles. The SMILES string of the molecule is CCCCOc1nc(N)c2c(n1)N(Cc1ccc3c(c1)CN(C(C)CC(C)CCOC1=NC(N)=C4CC(=N1)N(Cc1ccc5c(c1)CN(CC1CCC1)CC5)CC(=O)N4)CC3)CC(=O)N2. The van der Waals surface area contributed by atoms with Crippen molar-refractivity contribution < 1.29 is 19.1 Å². The molecule has 6 aliphatic rings. The van der Waals surface area contributed by atoms with Crippen LogP contribution in [-0.4, -0.2) is 100 Å². The highest BCUT2D eigenvalue weighted by molar-refractivity contribution is 6.03. The summed E-state index contributed by atoms with van der Waals surface area (Å²) in [4.78, 5) is 53.4. The number of ether oxygens (including phenoxy) is 2. The number of carbonyl (C=O) groups is 2. The molecule has 0 spiro atoms. The summed E-state index contributed by atoms with van der Waals surface area (Å²) in [6.45, 7) is 14.2. The Morgan fingerprint density at radius 3 is 2.29 bits per heavy atom. The van der Waals surface area contributed by atoms with Crippen molar-refractivity contribution >= 4 is 41.0 Å². The van der Waals surface area contributed by atoms with Crippen molar-refractivity contribution in [2.75, 3.05) is 61.9 Å². The molecule has 1 saturated heterocycles. The summed E-state index contributed by atoms with van der Waals surface area (Å²) in [6, 6.07) is 14.3. The highest BCUT2D eigenvalue weighted by Gasteiger charge is 2.31. The van der Waals surface area contributed by atoms with Gasteiger partial charge in [-0.15, -0.1) is 0 Å². The van der Waals surface area contributed by atoms with Crippen LogP contribution in [-0.2, 0) is 53.3 Å². The van der Waals surface area contributed by atoms with Gasteiger partial charge < -0.3 is 41.4 Å². The van der Waals surface area contributed by atoms with Crippen molar-refractivity contribution in [1.82, 2.24) is 30.0 Å². The molecule has 5 aliphatic heterocycles. The maximum atomic E-state index is 13.1. The number of aromatic nitrogens is 2. The molecule has 2 fully saturated rings. The molecule has 346 valence electrons. The van der Waals surface area contributed by atoms with Gasteiger partial charge in [0.1, 0.15) is 17.3 Å². The molecule has 3 aromatic rings. The zero-order valence-electron chi connectivity index (χ0n) is 38.4. The van der Waals surface area contributed by atoms with Gasteiger partial charge in [0.25, 0.3) is 0 Å². The van der Waals surface area contributed by atoms with Gasteiger partial charge >= 0.3 is 12.0 Å². The number of benzene rings is 2. The predicted octanol–water partition coefficient (Wildman–Crippen LogP) is 5.45. The fourth-order valence-corrected chi connectivity index (χ4v) is 10.0. The lowest BCUT2D eigenvalue weighted by Crippen LogP contribution is -2.39. The van der Waals surface area contributed by atoms with Gasteiger partial charge in [-0.1, -0.05) is 63.1 Å². The molecule has 65 heavy (non-hydrogen) atoms. The number of hydrogen-bond acceptors (Lipinski definition) is 14. The number of hydrogen-bond donors (Lipinski definition) is 4. The summed E-state index contributed by atoms with van der Waals surface area (Å²) in [7, 11) is 0. The lowest BCUT2D eigenvalue weighted by atomic mass is 9.84. The van der Waals surface area contributed by atoms with Crippen LogP contribution in [0, 0.1) is 11.8 Å². The maximum absolute atomic E-state index is 13.1. The summed E-state index contributed by atoms with van der Waals surface area (Å²) in [5.74, 6) is 2.70. The van der Waals surface area contributed by atoms with Gasteiger partial charge in [-0.05, 0) is 97.1 Å². The molecule has 2 aromatic carbocycles. The van der Waals surface area contributed by atoms with Crippen LogP contribution in [0.5, 0.6) is 6.01 Å². The van der Waals surface area contributed by atoms with E-state index < -0.39 is 0 Å². The number of unbranched alkanes of at least 4 members (excludes halogenated alkanes) is 1. The van der Waals surface area contributed by atoms with E-state index in [1.54, 1.807) is 0 Å². The number of amidine groups is 2. The zero-order valence-corrected chi connectivity index (χ0v) is 38.4. The van der Waals surface area contributed by atoms with Crippen LogP contribution in [0.4, 0.5) is 17.3 Å². The smallest absolute Gasteiger partial charge is 0.320 e. The summed E-state index contributed by atoms with van der Waals surface area (Å²) in [5.41, 5.74) is 21.5. The lowest BCUT2D eigenvalue weighted by molar-refractivity contribution is -0.120. The Morgan fingerprint density at radius 2 is 1.54 bits per heavy atom. The van der Waals surface area contributed by atoms with E-state index in [0.29, 0.717) is 61.9 Å². The number of aliphatic imine (C=N–C) groups is 2. The van der Waals surface area contributed by atoms with Crippen LogP contribution in [0.2, 0.25) is 0 Å². The first-order chi connectivity index (χ1) is 31.5. The number of anilines is 3. The van der Waals surface area contributed by atoms with Crippen LogP contribution >= 0.6 is 0 Å². The number of rotatable bonds is 16. The summed E-state index contributed by atoms with van der Waals surface area (Å²) in [5, 5.41) is 5.84. The Kier molecular flexibility index (Phi) is 13.5. The van der Waals surface area contributed by atoms with E-state index in [4.69, 9.17) is 25.9 Å². The molecule has 2 unspecified atom stereocenters. The zero-order chi connectivity index (χ0) is 45.0. The molecule has 16 nitrogen and oxygen atoms in total. The number of nitrogens with two attached hydrogens (primary N) is 2. The van der Waals surface area contributed by atoms with E-state index in [1.165, 1.54) is 48.1 Å². The molecule has 1 aromatic heterocycles. The van der Waals surface area contributed by atoms with E-state index in [9.17, 15) is 9.59 Å². The average Bonchev–Trinajstić information content (AvgIpc) is 3.52. The van der Waals surface area contributed by atoms with Crippen molar-refractivity contribution in [3.63, 3.8) is 0 Å². The quantitative estimate of drug-likeness (QED) is 0.133. The van der Waals surface area contributed by atoms with Crippen molar-refractivity contribution in [2.45, 2.75) is 117 Å². The third-order valence-corrected chi connectivity index (χ3v) is 14.0. The van der Waals surface area contributed by atoms with Crippen LogP contribution in [0.15, 0.2) is 57.9 Å². The molecule has 1 saturated carbocycles. The fraction of sp³-hybridized carbons (Fsp3) is 0.551. The lowest BCUT2D eigenvalue weighted by Gasteiger charge is -2.35. The Labute approximate surface area is 382 Å². The van der Waals surface area contributed by atoms with Crippen LogP contribution in [0.3, 0.4) is 0 Å². The van der Waals surface area contributed by atoms with Crippen molar-refractivity contribution in [3.05, 3.63) is 81.3 Å². The average molecular weight is 887 g/mol.